The van der Waals surface area contributed by atoms with Gasteiger partial charge in [0.05, 0.1) is 12.1 Å². The number of aryl methyl sites for hydroxylation is 1. The Bertz CT molecular complexity index is 979. The van der Waals surface area contributed by atoms with E-state index in [2.05, 4.69) is 15.0 Å². The SMILES string of the molecule is CN1CCOc2nc(Cl)cc3c2c1nc(=O)n3-c1nccn1C. The molecule has 3 aromatic heterocycles. The van der Waals surface area contributed by atoms with Gasteiger partial charge in [-0.25, -0.2) is 19.3 Å². The third kappa shape index (κ3) is 2.06. The fourth-order valence-corrected chi connectivity index (χ4v) is 2.88. The van der Waals surface area contributed by atoms with Crippen LogP contribution in [0.15, 0.2) is 23.3 Å². The number of hydrogen-bond donors (Lipinski definition) is 0. The highest BCUT2D eigenvalue weighted by Gasteiger charge is 2.24. The predicted molar refractivity (Wildman–Crippen MR) is 85.7 cm³/mol. The molecule has 118 valence electrons. The van der Waals surface area contributed by atoms with Crippen molar-refractivity contribution in [2.75, 3.05) is 25.1 Å². The standard InChI is InChI=1S/C14H13ClN6O2/c1-19-5-6-23-12-10-8(7-9(15)17-12)21(14(22)18-11(10)19)13-16-3-4-20(13)2/h3-4,7H,5-6H2,1-2H3. The molecular weight excluding hydrogens is 320 g/mol. The van der Waals surface area contributed by atoms with Crippen LogP contribution in [-0.4, -0.2) is 44.3 Å². The Morgan fingerprint density at radius 3 is 2.87 bits per heavy atom. The van der Waals surface area contributed by atoms with Crippen molar-refractivity contribution in [3.63, 3.8) is 0 Å². The monoisotopic (exact) mass is 332 g/mol. The van der Waals surface area contributed by atoms with Crippen molar-refractivity contribution in [1.82, 2.24) is 24.1 Å². The number of nitrogens with zero attached hydrogens (tertiary/aromatic N) is 6. The van der Waals surface area contributed by atoms with Gasteiger partial charge in [-0.2, -0.15) is 4.98 Å². The zero-order valence-electron chi connectivity index (χ0n) is 12.5. The third-order valence-electron chi connectivity index (χ3n) is 3.81. The first-order valence-corrected chi connectivity index (χ1v) is 7.39. The molecule has 0 unspecified atom stereocenters. The summed E-state index contributed by atoms with van der Waals surface area (Å²) in [5.74, 6) is 1.36. The van der Waals surface area contributed by atoms with Crippen LogP contribution in [0.5, 0.6) is 5.88 Å². The van der Waals surface area contributed by atoms with Crippen LogP contribution in [-0.2, 0) is 7.05 Å². The molecule has 0 bridgehead atoms. The summed E-state index contributed by atoms with van der Waals surface area (Å²) >= 11 is 6.13. The molecule has 4 heterocycles. The Balaban J connectivity index is 2.20. The Morgan fingerprint density at radius 1 is 1.30 bits per heavy atom. The van der Waals surface area contributed by atoms with Gasteiger partial charge in [-0.1, -0.05) is 11.6 Å². The first-order chi connectivity index (χ1) is 11.1. The van der Waals surface area contributed by atoms with Gasteiger partial charge in [-0.15, -0.1) is 0 Å². The maximum Gasteiger partial charge on any atom is 0.357 e. The maximum atomic E-state index is 12.6. The third-order valence-corrected chi connectivity index (χ3v) is 4.01. The number of pyridine rings is 1. The van der Waals surface area contributed by atoms with E-state index in [0.717, 1.165) is 0 Å². The van der Waals surface area contributed by atoms with Crippen molar-refractivity contribution in [3.8, 4) is 11.8 Å². The lowest BCUT2D eigenvalue weighted by Crippen LogP contribution is -2.29. The average Bonchev–Trinajstić information content (AvgIpc) is 2.84. The van der Waals surface area contributed by atoms with E-state index in [4.69, 9.17) is 16.3 Å². The molecule has 0 saturated carbocycles. The van der Waals surface area contributed by atoms with Crippen LogP contribution in [0.2, 0.25) is 5.15 Å². The summed E-state index contributed by atoms with van der Waals surface area (Å²) < 4.78 is 8.85. The number of anilines is 1. The molecule has 0 spiro atoms. The van der Waals surface area contributed by atoms with Crippen LogP contribution in [0.4, 0.5) is 5.82 Å². The Labute approximate surface area is 135 Å². The van der Waals surface area contributed by atoms with Crippen molar-refractivity contribution in [3.05, 3.63) is 34.1 Å². The number of aromatic nitrogens is 5. The highest BCUT2D eigenvalue weighted by molar-refractivity contribution is 6.30. The van der Waals surface area contributed by atoms with Crippen molar-refractivity contribution in [1.29, 1.82) is 0 Å². The van der Waals surface area contributed by atoms with Gasteiger partial charge in [0.2, 0.25) is 11.8 Å². The lowest BCUT2D eigenvalue weighted by atomic mass is 10.2. The molecule has 0 atom stereocenters. The minimum atomic E-state index is -0.427. The van der Waals surface area contributed by atoms with Gasteiger partial charge in [-0.3, -0.25) is 0 Å². The summed E-state index contributed by atoms with van der Waals surface area (Å²) in [4.78, 5) is 27.2. The van der Waals surface area contributed by atoms with Gasteiger partial charge in [0.15, 0.2) is 0 Å². The molecule has 3 aromatic rings. The van der Waals surface area contributed by atoms with Gasteiger partial charge >= 0.3 is 5.69 Å². The quantitative estimate of drug-likeness (QED) is 0.619. The molecule has 4 rings (SSSR count). The maximum absolute atomic E-state index is 12.6. The van der Waals surface area contributed by atoms with E-state index in [1.807, 2.05) is 11.9 Å². The second-order valence-electron chi connectivity index (χ2n) is 5.31. The molecule has 0 saturated heterocycles. The lowest BCUT2D eigenvalue weighted by Gasteiger charge is -2.17. The highest BCUT2D eigenvalue weighted by atomic mass is 35.5. The van der Waals surface area contributed by atoms with Crippen molar-refractivity contribution < 1.29 is 4.74 Å². The molecule has 1 aliphatic heterocycles. The summed E-state index contributed by atoms with van der Waals surface area (Å²) in [6.07, 6.45) is 3.37. The largest absolute Gasteiger partial charge is 0.475 e. The van der Waals surface area contributed by atoms with Gasteiger partial charge in [0.25, 0.3) is 0 Å². The van der Waals surface area contributed by atoms with E-state index in [-0.39, 0.29) is 5.15 Å². The molecule has 0 radical (unpaired) electrons. The number of rotatable bonds is 1. The fourth-order valence-electron chi connectivity index (χ4n) is 2.70. The van der Waals surface area contributed by atoms with Crippen LogP contribution in [0.1, 0.15) is 0 Å². The molecule has 0 N–H and O–H groups in total. The van der Waals surface area contributed by atoms with Gasteiger partial charge in [0.1, 0.15) is 23.0 Å². The Hall–Kier alpha value is -2.61. The van der Waals surface area contributed by atoms with Crippen LogP contribution in [0.25, 0.3) is 16.9 Å². The first kappa shape index (κ1) is 14.0. The predicted octanol–water partition coefficient (Wildman–Crippen LogP) is 0.996. The molecule has 0 aromatic carbocycles. The van der Waals surface area contributed by atoms with Gasteiger partial charge in [0, 0.05) is 32.6 Å². The van der Waals surface area contributed by atoms with Crippen LogP contribution < -0.4 is 15.3 Å². The normalized spacial score (nSPS) is 14.0. The summed E-state index contributed by atoms with van der Waals surface area (Å²) in [7, 11) is 3.67. The Kier molecular flexibility index (Phi) is 3.02. The Morgan fingerprint density at radius 2 is 2.13 bits per heavy atom. The van der Waals surface area contributed by atoms with Crippen LogP contribution >= 0.6 is 11.6 Å². The number of halogens is 1. The van der Waals surface area contributed by atoms with E-state index in [1.165, 1.54) is 4.57 Å². The molecule has 8 nitrogen and oxygen atoms in total. The first-order valence-electron chi connectivity index (χ1n) is 7.01. The van der Waals surface area contributed by atoms with Crippen molar-refractivity contribution in [2.24, 2.45) is 7.05 Å². The van der Waals surface area contributed by atoms with Crippen molar-refractivity contribution in [2.45, 2.75) is 0 Å². The zero-order chi connectivity index (χ0) is 16.1. The van der Waals surface area contributed by atoms with Crippen molar-refractivity contribution >= 4 is 28.3 Å². The topological polar surface area (TPSA) is 78.1 Å². The summed E-state index contributed by atoms with van der Waals surface area (Å²) in [6, 6.07) is 1.63. The number of imidazole rings is 1. The summed E-state index contributed by atoms with van der Waals surface area (Å²) in [5, 5.41) is 0.897. The van der Waals surface area contributed by atoms with Crippen LogP contribution in [0.3, 0.4) is 0 Å². The van der Waals surface area contributed by atoms with E-state index < -0.39 is 5.69 Å². The zero-order valence-corrected chi connectivity index (χ0v) is 13.3. The van der Waals surface area contributed by atoms with E-state index >= 15 is 0 Å². The smallest absolute Gasteiger partial charge is 0.357 e. The van der Waals surface area contributed by atoms with E-state index in [9.17, 15) is 4.79 Å². The molecule has 23 heavy (non-hydrogen) atoms. The van der Waals surface area contributed by atoms with Crippen LogP contribution in [0, 0.1) is 0 Å². The molecule has 0 fully saturated rings. The van der Waals surface area contributed by atoms with E-state index in [1.54, 1.807) is 30.1 Å². The average molecular weight is 333 g/mol. The number of ether oxygens (including phenoxy) is 1. The minimum absolute atomic E-state index is 0.247. The lowest BCUT2D eigenvalue weighted by molar-refractivity contribution is 0.321. The minimum Gasteiger partial charge on any atom is -0.475 e. The fraction of sp³-hybridized carbons (Fsp3) is 0.286. The van der Waals surface area contributed by atoms with Gasteiger partial charge in [-0.05, 0) is 0 Å². The summed E-state index contributed by atoms with van der Waals surface area (Å²) in [6.45, 7) is 1.04. The van der Waals surface area contributed by atoms with Gasteiger partial charge < -0.3 is 14.2 Å². The molecule has 0 aliphatic carbocycles. The molecule has 9 heteroatoms. The molecular formula is C14H13ClN6O2. The highest BCUT2D eigenvalue weighted by Crippen LogP contribution is 2.34. The second-order valence-corrected chi connectivity index (χ2v) is 5.69. The molecule has 0 amide bonds. The summed E-state index contributed by atoms with van der Waals surface area (Å²) in [5.41, 5.74) is 0.141. The van der Waals surface area contributed by atoms with E-state index in [0.29, 0.717) is 41.7 Å². The molecule has 1 aliphatic rings. The number of hydrogen-bond acceptors (Lipinski definition) is 6. The number of likely N-dealkylation sites (N-methyl/N-ethyl adjacent to an activating group) is 1. The second kappa shape index (κ2) is 4.95.